The van der Waals surface area contributed by atoms with E-state index in [-0.39, 0.29) is 17.9 Å². The van der Waals surface area contributed by atoms with E-state index in [0.29, 0.717) is 19.6 Å². The molecule has 0 unspecified atom stereocenters. The van der Waals surface area contributed by atoms with Gasteiger partial charge in [0.25, 0.3) is 0 Å². The third-order valence-electron chi connectivity index (χ3n) is 6.02. The van der Waals surface area contributed by atoms with Gasteiger partial charge in [-0.2, -0.15) is 0 Å². The molecule has 3 atom stereocenters. The van der Waals surface area contributed by atoms with E-state index < -0.39 is 34.1 Å². The maximum absolute atomic E-state index is 13.0. The maximum Gasteiger partial charge on any atom is 0.311 e. The van der Waals surface area contributed by atoms with Crippen LogP contribution in [0.2, 0.25) is 0 Å². The molecule has 0 saturated heterocycles. The second-order valence-electron chi connectivity index (χ2n) is 9.13. The average Bonchev–Trinajstić information content (AvgIpc) is 2.90. The number of carbonyl (C=O) groups is 1. The molecule has 0 amide bonds. The number of nitrogens with one attached hydrogen (secondary N) is 1. The van der Waals surface area contributed by atoms with Gasteiger partial charge in [-0.25, -0.2) is 13.1 Å². The van der Waals surface area contributed by atoms with Crippen LogP contribution in [-0.4, -0.2) is 44.9 Å². The van der Waals surface area contributed by atoms with Crippen molar-refractivity contribution in [3.8, 4) is 0 Å². The largest absolute Gasteiger partial charge is 0.464 e. The van der Waals surface area contributed by atoms with Crippen molar-refractivity contribution < 1.29 is 27.8 Å². The molecular formula is C29H35NO6S. The van der Waals surface area contributed by atoms with Crippen LogP contribution in [0.15, 0.2) is 89.8 Å². The lowest BCUT2D eigenvalue weighted by Gasteiger charge is -2.22. The second kappa shape index (κ2) is 14.0. The molecule has 0 radical (unpaired) electrons. The summed E-state index contributed by atoms with van der Waals surface area (Å²) < 4.78 is 39.7. The zero-order valence-corrected chi connectivity index (χ0v) is 22.1. The van der Waals surface area contributed by atoms with Crippen LogP contribution in [0.4, 0.5) is 0 Å². The van der Waals surface area contributed by atoms with E-state index in [1.807, 2.05) is 67.6 Å². The Morgan fingerprint density at radius 1 is 0.919 bits per heavy atom. The molecule has 37 heavy (non-hydrogen) atoms. The number of hydrogen-bond acceptors (Lipinski definition) is 6. The van der Waals surface area contributed by atoms with Crippen molar-refractivity contribution in [1.29, 1.82) is 0 Å². The molecule has 0 heterocycles. The topological polar surface area (TPSA) is 102 Å². The minimum atomic E-state index is -3.83. The van der Waals surface area contributed by atoms with Crippen molar-refractivity contribution in [3.05, 3.63) is 102 Å². The fourth-order valence-corrected chi connectivity index (χ4v) is 4.95. The van der Waals surface area contributed by atoms with E-state index in [4.69, 9.17) is 9.47 Å². The van der Waals surface area contributed by atoms with Gasteiger partial charge in [0, 0.05) is 6.61 Å². The Labute approximate surface area is 219 Å². The third kappa shape index (κ3) is 9.40. The summed E-state index contributed by atoms with van der Waals surface area (Å²) >= 11 is 0. The summed E-state index contributed by atoms with van der Waals surface area (Å²) in [5.74, 6) is -1.38. The Morgan fingerprint density at radius 2 is 1.51 bits per heavy atom. The van der Waals surface area contributed by atoms with E-state index in [0.717, 1.165) is 16.7 Å². The van der Waals surface area contributed by atoms with Crippen LogP contribution < -0.4 is 4.72 Å². The van der Waals surface area contributed by atoms with Crippen molar-refractivity contribution in [3.63, 3.8) is 0 Å². The van der Waals surface area contributed by atoms with Gasteiger partial charge in [0.2, 0.25) is 10.0 Å². The molecule has 0 spiro atoms. The summed E-state index contributed by atoms with van der Waals surface area (Å²) in [6.45, 7) is 4.02. The highest BCUT2D eigenvalue weighted by Gasteiger charge is 2.26. The van der Waals surface area contributed by atoms with Crippen LogP contribution in [-0.2, 0) is 37.3 Å². The van der Waals surface area contributed by atoms with Gasteiger partial charge in [0.15, 0.2) is 0 Å². The van der Waals surface area contributed by atoms with Crippen LogP contribution in [0.1, 0.15) is 30.0 Å². The lowest BCUT2D eigenvalue weighted by Crippen LogP contribution is -2.41. The van der Waals surface area contributed by atoms with E-state index in [1.54, 1.807) is 31.2 Å². The Balaban J connectivity index is 1.55. The Kier molecular flexibility index (Phi) is 10.8. The molecule has 0 aliphatic carbocycles. The number of benzene rings is 3. The first-order chi connectivity index (χ1) is 17.7. The summed E-state index contributed by atoms with van der Waals surface area (Å²) in [6, 6.07) is 24.9. The summed E-state index contributed by atoms with van der Waals surface area (Å²) in [4.78, 5) is 12.8. The van der Waals surface area contributed by atoms with Gasteiger partial charge >= 0.3 is 5.97 Å². The van der Waals surface area contributed by atoms with Gasteiger partial charge in [-0.3, -0.25) is 4.79 Å². The van der Waals surface area contributed by atoms with Crippen LogP contribution in [0.25, 0.3) is 0 Å². The number of rotatable bonds is 14. The van der Waals surface area contributed by atoms with Crippen LogP contribution in [0.5, 0.6) is 0 Å². The molecule has 3 aromatic carbocycles. The molecule has 0 bridgehead atoms. The molecule has 3 aromatic rings. The number of aliphatic hydroxyl groups is 1. The predicted octanol–water partition coefficient (Wildman–Crippen LogP) is 4.03. The Morgan fingerprint density at radius 3 is 2.14 bits per heavy atom. The van der Waals surface area contributed by atoms with Crippen molar-refractivity contribution in [2.45, 2.75) is 50.3 Å². The molecule has 198 valence electrons. The fourth-order valence-electron chi connectivity index (χ4n) is 3.73. The monoisotopic (exact) mass is 525 g/mol. The normalized spacial score (nSPS) is 14.0. The van der Waals surface area contributed by atoms with Gasteiger partial charge in [-0.05, 0) is 49.9 Å². The first-order valence-electron chi connectivity index (χ1n) is 12.3. The van der Waals surface area contributed by atoms with Crippen molar-refractivity contribution in [1.82, 2.24) is 4.72 Å². The number of esters is 1. The van der Waals surface area contributed by atoms with E-state index in [1.165, 1.54) is 0 Å². The van der Waals surface area contributed by atoms with Gasteiger partial charge in [0.1, 0.15) is 6.61 Å². The lowest BCUT2D eigenvalue weighted by molar-refractivity contribution is -0.152. The van der Waals surface area contributed by atoms with Crippen LogP contribution >= 0.6 is 0 Å². The SMILES string of the molecule is Cc1ccc(S(=O)(=O)N[C@H](COC(=O)[C@@H](C)[C@H](O)CCOCc2ccccc2)Cc2ccccc2)cc1. The minimum Gasteiger partial charge on any atom is -0.464 e. The van der Waals surface area contributed by atoms with Crippen molar-refractivity contribution in [2.24, 2.45) is 5.92 Å². The fraction of sp³-hybridized carbons (Fsp3) is 0.345. The number of hydrogen-bond donors (Lipinski definition) is 2. The highest BCUT2D eigenvalue weighted by atomic mass is 32.2. The summed E-state index contributed by atoms with van der Waals surface area (Å²) in [5, 5.41) is 10.5. The van der Waals surface area contributed by atoms with E-state index in [9.17, 15) is 18.3 Å². The van der Waals surface area contributed by atoms with Crippen molar-refractivity contribution in [2.75, 3.05) is 13.2 Å². The van der Waals surface area contributed by atoms with E-state index >= 15 is 0 Å². The molecule has 0 fully saturated rings. The molecule has 0 aliphatic rings. The predicted molar refractivity (Wildman–Crippen MR) is 142 cm³/mol. The molecule has 3 rings (SSSR count). The third-order valence-corrected chi connectivity index (χ3v) is 7.56. The molecule has 0 aliphatic heterocycles. The van der Waals surface area contributed by atoms with Gasteiger partial charge in [-0.1, -0.05) is 78.4 Å². The summed E-state index contributed by atoms with van der Waals surface area (Å²) in [7, 11) is -3.83. The Bertz CT molecular complexity index is 1200. The minimum absolute atomic E-state index is 0.141. The lowest BCUT2D eigenvalue weighted by atomic mass is 10.0. The number of carbonyl (C=O) groups excluding carboxylic acids is 1. The van der Waals surface area contributed by atoms with Gasteiger partial charge in [-0.15, -0.1) is 0 Å². The molecule has 8 heteroatoms. The number of aryl methyl sites for hydroxylation is 1. The van der Waals surface area contributed by atoms with Crippen LogP contribution in [0.3, 0.4) is 0 Å². The molecule has 0 aromatic heterocycles. The molecule has 7 nitrogen and oxygen atoms in total. The van der Waals surface area contributed by atoms with E-state index in [2.05, 4.69) is 4.72 Å². The molecule has 2 N–H and O–H groups in total. The van der Waals surface area contributed by atoms with Gasteiger partial charge in [0.05, 0.1) is 29.6 Å². The van der Waals surface area contributed by atoms with Crippen LogP contribution in [0, 0.1) is 12.8 Å². The number of sulfonamides is 1. The quantitative estimate of drug-likeness (QED) is 0.243. The highest BCUT2D eigenvalue weighted by molar-refractivity contribution is 7.89. The molecule has 0 saturated carbocycles. The zero-order valence-electron chi connectivity index (χ0n) is 21.2. The first-order valence-corrected chi connectivity index (χ1v) is 13.8. The number of aliphatic hydroxyl groups excluding tert-OH is 1. The number of ether oxygens (including phenoxy) is 2. The van der Waals surface area contributed by atoms with Crippen molar-refractivity contribution >= 4 is 16.0 Å². The highest BCUT2D eigenvalue weighted by Crippen LogP contribution is 2.15. The average molecular weight is 526 g/mol. The van der Waals surface area contributed by atoms with Gasteiger partial charge < -0.3 is 14.6 Å². The summed E-state index contributed by atoms with van der Waals surface area (Å²) in [5.41, 5.74) is 2.88. The smallest absolute Gasteiger partial charge is 0.311 e. The first kappa shape index (κ1) is 28.5. The Hall–Kier alpha value is -3.04. The zero-order chi connectivity index (χ0) is 26.7. The summed E-state index contributed by atoms with van der Waals surface area (Å²) in [6.07, 6.45) is -0.333. The standard InChI is InChI=1S/C29H35NO6S/c1-22-13-15-27(16-14-22)37(33,34)30-26(19-24-9-5-3-6-10-24)21-36-29(32)23(2)28(31)17-18-35-20-25-11-7-4-8-12-25/h3-16,23,26,28,30-31H,17-21H2,1-2H3/t23-,26-,28+/m0/s1. The maximum atomic E-state index is 13.0. The molecular weight excluding hydrogens is 490 g/mol. The second-order valence-corrected chi connectivity index (χ2v) is 10.8.